The maximum absolute atomic E-state index is 12.5. The Balaban J connectivity index is 2.00. The summed E-state index contributed by atoms with van der Waals surface area (Å²) in [6.45, 7) is 1.80. The number of ether oxygens (including phenoxy) is 1. The van der Waals surface area contributed by atoms with E-state index in [-0.39, 0.29) is 28.6 Å². The van der Waals surface area contributed by atoms with Crippen LogP contribution in [0.25, 0.3) is 0 Å². The number of aliphatic hydroxyl groups is 1. The number of nitrogens with zero attached hydrogens (tertiary/aromatic N) is 1. The molecule has 2 aliphatic rings. The van der Waals surface area contributed by atoms with Crippen LogP contribution in [0, 0.1) is 6.08 Å². The van der Waals surface area contributed by atoms with E-state index in [0.29, 0.717) is 26.9 Å². The van der Waals surface area contributed by atoms with Crippen molar-refractivity contribution in [1.29, 1.82) is 0 Å². The predicted molar refractivity (Wildman–Crippen MR) is 82.2 cm³/mol. The highest BCUT2D eigenvalue weighted by atomic mass is 35.5. The minimum atomic E-state index is -0.259. The average Bonchev–Trinajstić information content (AvgIpc) is 3.08. The van der Waals surface area contributed by atoms with Crippen molar-refractivity contribution < 1.29 is 14.6 Å². The number of thiophene rings is 1. The first-order valence-electron chi connectivity index (χ1n) is 6.20. The second kappa shape index (κ2) is 5.16. The van der Waals surface area contributed by atoms with Crippen LogP contribution in [0.4, 0.5) is 0 Å². The zero-order valence-corrected chi connectivity index (χ0v) is 12.9. The van der Waals surface area contributed by atoms with Crippen molar-refractivity contribution in [3.63, 3.8) is 0 Å². The van der Waals surface area contributed by atoms with E-state index in [2.05, 4.69) is 11.1 Å². The molecule has 6 heteroatoms. The van der Waals surface area contributed by atoms with Crippen LogP contribution < -0.4 is 4.74 Å². The normalized spacial score (nSPS) is 17.7. The summed E-state index contributed by atoms with van der Waals surface area (Å²) in [6.07, 6.45) is 3.24. The van der Waals surface area contributed by atoms with E-state index in [9.17, 15) is 9.90 Å². The summed E-state index contributed by atoms with van der Waals surface area (Å²) in [5, 5.41) is 11.0. The Morgan fingerprint density at radius 1 is 1.52 bits per heavy atom. The van der Waals surface area contributed by atoms with Gasteiger partial charge in [-0.3, -0.25) is 9.79 Å². The molecule has 1 N–H and O–H groups in total. The Bertz CT molecular complexity index is 768. The molecule has 0 saturated heterocycles. The predicted octanol–water partition coefficient (Wildman–Crippen LogP) is 3.81. The Labute approximate surface area is 130 Å². The monoisotopic (exact) mass is 320 g/mol. The number of methoxy groups -OCH3 is 1. The van der Waals surface area contributed by atoms with Gasteiger partial charge in [0.25, 0.3) is 0 Å². The number of rotatable bonds is 3. The Kier molecular flexibility index (Phi) is 3.47. The van der Waals surface area contributed by atoms with Gasteiger partial charge in [-0.2, -0.15) is 0 Å². The van der Waals surface area contributed by atoms with Gasteiger partial charge in [-0.25, -0.2) is 0 Å². The van der Waals surface area contributed by atoms with Crippen molar-refractivity contribution >= 4 is 34.4 Å². The molecule has 1 aliphatic carbocycles. The van der Waals surface area contributed by atoms with Crippen LogP contribution in [0.5, 0.6) is 5.06 Å². The van der Waals surface area contributed by atoms with Gasteiger partial charge in [-0.1, -0.05) is 22.9 Å². The van der Waals surface area contributed by atoms with Gasteiger partial charge in [-0.05, 0) is 19.1 Å². The molecular formula is C15H11ClNO3S. The van der Waals surface area contributed by atoms with Crippen molar-refractivity contribution in [1.82, 2.24) is 0 Å². The molecule has 0 unspecified atom stereocenters. The maximum Gasteiger partial charge on any atom is 0.203 e. The molecule has 1 radical (unpaired) electrons. The molecule has 0 spiro atoms. The maximum atomic E-state index is 12.5. The molecule has 0 atom stereocenters. The minimum Gasteiger partial charge on any atom is -0.506 e. The third-order valence-electron chi connectivity index (χ3n) is 3.24. The van der Waals surface area contributed by atoms with Crippen LogP contribution in [0.15, 0.2) is 44.8 Å². The van der Waals surface area contributed by atoms with Crippen LogP contribution in [0.3, 0.4) is 0 Å². The number of aliphatic hydroxyl groups excluding tert-OH is 1. The first-order chi connectivity index (χ1) is 10.0. The number of aliphatic imine (C=N–C) groups is 1. The molecule has 2 heterocycles. The lowest BCUT2D eigenvalue weighted by atomic mass is 9.92. The highest BCUT2D eigenvalue weighted by molar-refractivity contribution is 7.16. The molecular weight excluding hydrogens is 310 g/mol. The van der Waals surface area contributed by atoms with Crippen LogP contribution >= 0.6 is 22.9 Å². The lowest BCUT2D eigenvalue weighted by Crippen LogP contribution is -2.16. The average molecular weight is 321 g/mol. The van der Waals surface area contributed by atoms with Gasteiger partial charge in [0.15, 0.2) is 5.06 Å². The zero-order valence-electron chi connectivity index (χ0n) is 11.4. The molecule has 3 rings (SSSR count). The Morgan fingerprint density at radius 2 is 2.29 bits per heavy atom. The third kappa shape index (κ3) is 2.32. The fourth-order valence-electron chi connectivity index (χ4n) is 2.24. The molecule has 21 heavy (non-hydrogen) atoms. The van der Waals surface area contributed by atoms with Crippen LogP contribution in [-0.2, 0) is 0 Å². The Morgan fingerprint density at radius 3 is 2.95 bits per heavy atom. The second-order valence-electron chi connectivity index (χ2n) is 4.61. The molecule has 0 aromatic carbocycles. The van der Waals surface area contributed by atoms with Gasteiger partial charge in [0.2, 0.25) is 5.78 Å². The lowest BCUT2D eigenvalue weighted by Gasteiger charge is -2.16. The summed E-state index contributed by atoms with van der Waals surface area (Å²) in [6, 6.07) is 3.39. The molecule has 107 valence electrons. The minimum absolute atomic E-state index is 0.128. The number of hydrogen-bond donors (Lipinski definition) is 1. The standard InChI is InChI=1S/C15H11ClNO3S/c1-7-5-8-10(17-7)6-9(15(19)13(8)16)14(18)11-3-4-12(20-2)21-11/h3-4,19H,6H2,1-2H3. The molecule has 0 bridgehead atoms. The van der Waals surface area contributed by atoms with Crippen molar-refractivity contribution in [3.8, 4) is 5.06 Å². The quantitative estimate of drug-likeness (QED) is 0.861. The molecule has 1 aromatic rings. The van der Waals surface area contributed by atoms with Crippen molar-refractivity contribution in [2.24, 2.45) is 4.99 Å². The fourth-order valence-corrected chi connectivity index (χ4v) is 3.30. The third-order valence-corrected chi connectivity index (χ3v) is 4.65. The number of hydrogen-bond acceptors (Lipinski definition) is 5. The molecule has 1 aromatic heterocycles. The van der Waals surface area contributed by atoms with E-state index in [0.717, 1.165) is 0 Å². The molecule has 4 nitrogen and oxygen atoms in total. The Hall–Kier alpha value is -1.85. The number of carbonyl (C=O) groups is 1. The first kappa shape index (κ1) is 14.1. The molecule has 0 saturated carbocycles. The lowest BCUT2D eigenvalue weighted by molar-refractivity contribution is 0.103. The van der Waals surface area contributed by atoms with Gasteiger partial charge in [0.05, 0.1) is 28.3 Å². The van der Waals surface area contributed by atoms with E-state index in [1.54, 1.807) is 26.2 Å². The number of allylic oxidation sites excluding steroid dienone is 5. The van der Waals surface area contributed by atoms with Crippen LogP contribution in [0.1, 0.15) is 23.0 Å². The summed E-state index contributed by atoms with van der Waals surface area (Å²) in [4.78, 5) is 17.3. The van der Waals surface area contributed by atoms with Gasteiger partial charge < -0.3 is 9.84 Å². The van der Waals surface area contributed by atoms with Crippen molar-refractivity contribution in [2.45, 2.75) is 13.3 Å². The number of Topliss-reactive ketones (excluding diaryl/α,β-unsaturated/α-hetero) is 1. The van der Waals surface area contributed by atoms with E-state index in [1.165, 1.54) is 11.3 Å². The summed E-state index contributed by atoms with van der Waals surface area (Å²) < 4.78 is 5.08. The van der Waals surface area contributed by atoms with Gasteiger partial charge in [0.1, 0.15) is 5.76 Å². The van der Waals surface area contributed by atoms with Crippen molar-refractivity contribution in [3.05, 3.63) is 50.7 Å². The van der Waals surface area contributed by atoms with E-state index >= 15 is 0 Å². The van der Waals surface area contributed by atoms with E-state index in [4.69, 9.17) is 16.3 Å². The largest absolute Gasteiger partial charge is 0.506 e. The highest BCUT2D eigenvalue weighted by Crippen LogP contribution is 2.36. The fraction of sp³-hybridized carbons (Fsp3) is 0.200. The SMILES string of the molecule is COc1ccc(C(=O)C2=C(O)C(Cl)=C3[C]=C(C)N=C3C2)s1. The number of halogens is 1. The van der Waals surface area contributed by atoms with Gasteiger partial charge in [-0.15, -0.1) is 0 Å². The molecule has 0 amide bonds. The van der Waals surface area contributed by atoms with Gasteiger partial charge in [0, 0.05) is 23.8 Å². The van der Waals surface area contributed by atoms with Crippen molar-refractivity contribution in [2.75, 3.05) is 7.11 Å². The number of ketones is 1. The second-order valence-corrected chi connectivity index (χ2v) is 6.04. The van der Waals surface area contributed by atoms with E-state index < -0.39 is 0 Å². The summed E-state index contributed by atoms with van der Waals surface area (Å²) in [5.41, 5.74) is 2.19. The topological polar surface area (TPSA) is 58.9 Å². The van der Waals surface area contributed by atoms with Crippen LogP contribution in [-0.4, -0.2) is 23.7 Å². The molecule has 0 fully saturated rings. The van der Waals surface area contributed by atoms with E-state index in [1.807, 2.05) is 0 Å². The van der Waals surface area contributed by atoms with Crippen LogP contribution in [0.2, 0.25) is 0 Å². The van der Waals surface area contributed by atoms with Gasteiger partial charge >= 0.3 is 0 Å². The number of fused-ring (bicyclic) bond motifs is 1. The zero-order chi connectivity index (χ0) is 15.1. The molecule has 1 aliphatic heterocycles. The number of carbonyl (C=O) groups excluding carboxylic acids is 1. The highest BCUT2D eigenvalue weighted by Gasteiger charge is 2.31. The summed E-state index contributed by atoms with van der Waals surface area (Å²) in [5.74, 6) is -0.449. The smallest absolute Gasteiger partial charge is 0.203 e. The summed E-state index contributed by atoms with van der Waals surface area (Å²) in [7, 11) is 1.54. The summed E-state index contributed by atoms with van der Waals surface area (Å²) >= 11 is 7.36. The first-order valence-corrected chi connectivity index (χ1v) is 7.40.